The molecule has 6 nitrogen and oxygen atoms in total. The maximum Gasteiger partial charge on any atom is 0.306 e. The summed E-state index contributed by atoms with van der Waals surface area (Å²) in [6, 6.07) is 23.9. The summed E-state index contributed by atoms with van der Waals surface area (Å²) in [7, 11) is 4.02. The fourth-order valence-electron chi connectivity index (χ4n) is 4.69. The van der Waals surface area contributed by atoms with Gasteiger partial charge in [-0.25, -0.2) is 0 Å². The molecule has 6 heteroatoms. The first kappa shape index (κ1) is 27.0. The zero-order valence-electron chi connectivity index (χ0n) is 22.9. The Morgan fingerprint density at radius 1 is 0.974 bits per heavy atom. The molecule has 0 aliphatic heterocycles. The van der Waals surface area contributed by atoms with Gasteiger partial charge >= 0.3 is 5.97 Å². The highest BCUT2D eigenvalue weighted by Gasteiger charge is 2.21. The summed E-state index contributed by atoms with van der Waals surface area (Å²) in [4.78, 5) is 30.9. The predicted molar refractivity (Wildman–Crippen MR) is 153 cm³/mol. The summed E-state index contributed by atoms with van der Waals surface area (Å²) < 4.78 is 5.45. The van der Waals surface area contributed by atoms with E-state index in [1.54, 1.807) is 0 Å². The van der Waals surface area contributed by atoms with Crippen LogP contribution in [-0.2, 0) is 27.2 Å². The Morgan fingerprint density at radius 3 is 2.39 bits per heavy atom. The molecule has 1 aromatic heterocycles. The molecule has 0 saturated heterocycles. The molecular weight excluding hydrogens is 474 g/mol. The highest BCUT2D eigenvalue weighted by Crippen LogP contribution is 2.30. The molecule has 38 heavy (non-hydrogen) atoms. The Bertz CT molecular complexity index is 1400. The number of H-pyrrole nitrogens is 1. The molecule has 2 N–H and O–H groups in total. The van der Waals surface area contributed by atoms with Crippen LogP contribution >= 0.6 is 0 Å². The number of esters is 1. The molecule has 198 valence electrons. The van der Waals surface area contributed by atoms with Gasteiger partial charge in [-0.2, -0.15) is 0 Å². The van der Waals surface area contributed by atoms with Crippen LogP contribution in [-0.4, -0.2) is 36.6 Å². The fraction of sp³-hybridized carbons (Fsp3) is 0.312. The van der Waals surface area contributed by atoms with E-state index in [4.69, 9.17) is 4.74 Å². The van der Waals surface area contributed by atoms with E-state index >= 15 is 0 Å². The van der Waals surface area contributed by atoms with Crippen molar-refractivity contribution < 1.29 is 14.3 Å². The topological polar surface area (TPSA) is 74.4 Å². The van der Waals surface area contributed by atoms with Crippen LogP contribution in [0.1, 0.15) is 55.5 Å². The third-order valence-electron chi connectivity index (χ3n) is 6.38. The quantitative estimate of drug-likeness (QED) is 0.272. The zero-order chi connectivity index (χ0) is 27.3. The molecule has 0 spiro atoms. The second-order valence-electron chi connectivity index (χ2n) is 10.8. The van der Waals surface area contributed by atoms with Crippen molar-refractivity contribution in [2.45, 2.75) is 51.7 Å². The molecule has 4 aromatic rings. The summed E-state index contributed by atoms with van der Waals surface area (Å²) in [5, 5.41) is 4.30. The third kappa shape index (κ3) is 6.82. The average Bonchev–Trinajstić information content (AvgIpc) is 3.28. The molecule has 0 radical (unpaired) electrons. The highest BCUT2D eigenvalue weighted by atomic mass is 16.6. The first-order valence-corrected chi connectivity index (χ1v) is 13.0. The van der Waals surface area contributed by atoms with Crippen LogP contribution in [0.4, 0.5) is 5.69 Å². The van der Waals surface area contributed by atoms with Crippen molar-refractivity contribution >= 4 is 28.5 Å². The summed E-state index contributed by atoms with van der Waals surface area (Å²) in [5.74, 6) is -0.273. The Balaban J connectivity index is 1.52. The normalized spacial score (nSPS) is 12.2. The molecule has 3 aromatic carbocycles. The van der Waals surface area contributed by atoms with E-state index in [0.29, 0.717) is 12.8 Å². The summed E-state index contributed by atoms with van der Waals surface area (Å²) >= 11 is 0. The Kier molecular flexibility index (Phi) is 8.20. The van der Waals surface area contributed by atoms with Gasteiger partial charge in [-0.15, -0.1) is 0 Å². The number of carbonyl (C=O) groups is 2. The first-order valence-electron chi connectivity index (χ1n) is 13.0. The van der Waals surface area contributed by atoms with Crippen LogP contribution in [0.5, 0.6) is 0 Å². The minimum Gasteiger partial charge on any atom is -0.460 e. The van der Waals surface area contributed by atoms with Gasteiger partial charge in [0.1, 0.15) is 5.60 Å². The van der Waals surface area contributed by atoms with Crippen LogP contribution in [0.3, 0.4) is 0 Å². The third-order valence-corrected chi connectivity index (χ3v) is 6.38. The van der Waals surface area contributed by atoms with Gasteiger partial charge < -0.3 is 19.9 Å². The van der Waals surface area contributed by atoms with E-state index in [1.165, 1.54) is 0 Å². The molecule has 4 rings (SSSR count). The van der Waals surface area contributed by atoms with Gasteiger partial charge in [-0.05, 0) is 62.1 Å². The van der Waals surface area contributed by atoms with Crippen molar-refractivity contribution in [2.24, 2.45) is 0 Å². The van der Waals surface area contributed by atoms with E-state index in [0.717, 1.165) is 38.8 Å². The minimum atomic E-state index is -0.498. The molecule has 1 atom stereocenters. The van der Waals surface area contributed by atoms with Crippen molar-refractivity contribution in [3.63, 3.8) is 0 Å². The van der Waals surface area contributed by atoms with Gasteiger partial charge in [0.15, 0.2) is 0 Å². The number of aromatic amines is 1. The van der Waals surface area contributed by atoms with Crippen molar-refractivity contribution in [1.29, 1.82) is 0 Å². The minimum absolute atomic E-state index is 0.0578. The molecule has 0 bridgehead atoms. The van der Waals surface area contributed by atoms with Crippen molar-refractivity contribution in [2.75, 3.05) is 19.0 Å². The van der Waals surface area contributed by atoms with Gasteiger partial charge in [0.25, 0.3) is 0 Å². The standard InChI is InChI=1S/C32H37N3O3/c1-32(2,3)38-30(37)18-16-24-21-33-27-17-15-22(19-26(24)27)20-29(36)34-31(23-11-7-6-8-12-23)25-13-9-10-14-28(25)35(4)5/h6-15,17,19,21,31,33H,16,18,20H2,1-5H3,(H,34,36). The van der Waals surface area contributed by atoms with Gasteiger partial charge in [0.05, 0.1) is 12.5 Å². The molecule has 1 amide bonds. The highest BCUT2D eigenvalue weighted by molar-refractivity contribution is 5.87. The number of carbonyl (C=O) groups excluding carboxylic acids is 2. The maximum absolute atomic E-state index is 13.4. The van der Waals surface area contributed by atoms with Gasteiger partial charge in [0, 0.05) is 48.9 Å². The lowest BCUT2D eigenvalue weighted by Gasteiger charge is -2.25. The smallest absolute Gasteiger partial charge is 0.306 e. The second kappa shape index (κ2) is 11.5. The molecule has 0 saturated carbocycles. The first-order chi connectivity index (χ1) is 18.1. The van der Waals surface area contributed by atoms with E-state index in [9.17, 15) is 9.59 Å². The number of para-hydroxylation sites is 1. The maximum atomic E-state index is 13.4. The van der Waals surface area contributed by atoms with Gasteiger partial charge in [-0.3, -0.25) is 9.59 Å². The number of benzene rings is 3. The lowest BCUT2D eigenvalue weighted by Crippen LogP contribution is -2.31. The molecular formula is C32H37N3O3. The number of rotatable bonds is 9. The number of aromatic nitrogens is 1. The van der Waals surface area contributed by atoms with E-state index in [1.807, 2.05) is 102 Å². The van der Waals surface area contributed by atoms with Crippen LogP contribution in [0.15, 0.2) is 79.0 Å². The summed E-state index contributed by atoms with van der Waals surface area (Å²) in [6.07, 6.45) is 3.06. The number of nitrogens with zero attached hydrogens (tertiary/aromatic N) is 1. The molecule has 0 fully saturated rings. The van der Waals surface area contributed by atoms with Gasteiger partial charge in [-0.1, -0.05) is 54.6 Å². The molecule has 1 heterocycles. The van der Waals surface area contributed by atoms with Gasteiger partial charge in [0.2, 0.25) is 5.91 Å². The van der Waals surface area contributed by atoms with E-state index in [-0.39, 0.29) is 24.3 Å². The van der Waals surface area contributed by atoms with Crippen LogP contribution in [0.2, 0.25) is 0 Å². The predicted octanol–water partition coefficient (Wildman–Crippen LogP) is 5.96. The summed E-state index contributed by atoms with van der Waals surface area (Å²) in [5.41, 5.74) is 5.57. The monoisotopic (exact) mass is 511 g/mol. The largest absolute Gasteiger partial charge is 0.460 e. The Labute approximate surface area is 225 Å². The average molecular weight is 512 g/mol. The van der Waals surface area contributed by atoms with Crippen LogP contribution < -0.4 is 10.2 Å². The SMILES string of the molecule is CN(C)c1ccccc1C(NC(=O)Cc1ccc2[nH]cc(CCC(=O)OC(C)(C)C)c2c1)c1ccccc1. The number of ether oxygens (including phenoxy) is 1. The number of aryl methyl sites for hydroxylation is 1. The number of fused-ring (bicyclic) bond motifs is 1. The van der Waals surface area contributed by atoms with Crippen molar-refractivity contribution in [1.82, 2.24) is 10.3 Å². The number of amides is 1. The second-order valence-corrected chi connectivity index (χ2v) is 10.8. The lowest BCUT2D eigenvalue weighted by molar-refractivity contribution is -0.154. The van der Waals surface area contributed by atoms with Crippen LogP contribution in [0.25, 0.3) is 10.9 Å². The fourth-order valence-corrected chi connectivity index (χ4v) is 4.69. The molecule has 0 aliphatic carbocycles. The number of nitrogens with one attached hydrogen (secondary N) is 2. The van der Waals surface area contributed by atoms with Crippen LogP contribution in [0, 0.1) is 0 Å². The zero-order valence-corrected chi connectivity index (χ0v) is 22.9. The number of anilines is 1. The van der Waals surface area contributed by atoms with E-state index in [2.05, 4.69) is 27.3 Å². The van der Waals surface area contributed by atoms with Crippen molar-refractivity contribution in [3.8, 4) is 0 Å². The number of hydrogen-bond acceptors (Lipinski definition) is 4. The molecule has 0 aliphatic rings. The molecule has 1 unspecified atom stereocenters. The summed E-state index contributed by atoms with van der Waals surface area (Å²) in [6.45, 7) is 5.61. The lowest BCUT2D eigenvalue weighted by atomic mass is 9.96. The number of hydrogen-bond donors (Lipinski definition) is 2. The Hall–Kier alpha value is -4.06. The van der Waals surface area contributed by atoms with Crippen molar-refractivity contribution in [3.05, 3.63) is 101 Å². The van der Waals surface area contributed by atoms with E-state index < -0.39 is 5.60 Å². The Morgan fingerprint density at radius 2 is 1.68 bits per heavy atom.